The van der Waals surface area contributed by atoms with Gasteiger partial charge in [0, 0.05) is 19.5 Å². The van der Waals surface area contributed by atoms with Crippen molar-refractivity contribution >= 4 is 12.0 Å². The minimum absolute atomic E-state index is 0.136. The van der Waals surface area contributed by atoms with Crippen LogP contribution in [0.3, 0.4) is 0 Å². The monoisotopic (exact) mass is 485 g/mol. The largest absolute Gasteiger partial charge is 0.493 e. The van der Waals surface area contributed by atoms with Crippen molar-refractivity contribution in [3.63, 3.8) is 0 Å². The maximum absolute atomic E-state index is 13.0. The van der Waals surface area contributed by atoms with E-state index in [1.165, 1.54) is 0 Å². The van der Waals surface area contributed by atoms with Gasteiger partial charge < -0.3 is 24.8 Å². The Bertz CT molecular complexity index is 1310. The van der Waals surface area contributed by atoms with Crippen molar-refractivity contribution in [1.82, 2.24) is 10.2 Å². The molecule has 0 saturated carbocycles. The van der Waals surface area contributed by atoms with E-state index in [9.17, 15) is 20.0 Å². The fraction of sp³-hybridized carbons (Fsp3) is 0.250. The summed E-state index contributed by atoms with van der Waals surface area (Å²) in [5.41, 5.74) is 5.03. The molecule has 8 nitrogen and oxygen atoms in total. The summed E-state index contributed by atoms with van der Waals surface area (Å²) < 4.78 is 10.7. The van der Waals surface area contributed by atoms with Crippen molar-refractivity contribution in [1.29, 1.82) is 5.26 Å². The molecule has 0 bridgehead atoms. The highest BCUT2D eigenvalue weighted by atomic mass is 16.5. The van der Waals surface area contributed by atoms with Crippen molar-refractivity contribution in [2.75, 3.05) is 20.8 Å². The van der Waals surface area contributed by atoms with Gasteiger partial charge in [-0.05, 0) is 52.4 Å². The lowest BCUT2D eigenvalue weighted by Crippen LogP contribution is -2.50. The predicted molar refractivity (Wildman–Crippen MR) is 134 cm³/mol. The number of amides is 2. The van der Waals surface area contributed by atoms with Crippen LogP contribution in [0.4, 0.5) is 4.79 Å². The summed E-state index contributed by atoms with van der Waals surface area (Å²) in [6.07, 6.45) is 0.767. The SMILES string of the molecule is COc1cc2c(cc1OC)CN(C(=O)N[C@@H](Cc1ccc(-c3ccccc3C#N)cc1)C(=O)O)CC2. The highest BCUT2D eigenvalue weighted by molar-refractivity contribution is 5.83. The van der Waals surface area contributed by atoms with E-state index < -0.39 is 18.0 Å². The molecule has 0 aromatic heterocycles. The van der Waals surface area contributed by atoms with Crippen LogP contribution in [0.25, 0.3) is 11.1 Å². The van der Waals surface area contributed by atoms with E-state index in [-0.39, 0.29) is 6.42 Å². The number of nitrogens with one attached hydrogen (secondary N) is 1. The van der Waals surface area contributed by atoms with Gasteiger partial charge >= 0.3 is 12.0 Å². The summed E-state index contributed by atoms with van der Waals surface area (Å²) in [6, 6.07) is 19.1. The predicted octanol–water partition coefficient (Wildman–Crippen LogP) is 4.01. The van der Waals surface area contributed by atoms with E-state index in [0.717, 1.165) is 27.8 Å². The average Bonchev–Trinajstić information content (AvgIpc) is 2.91. The van der Waals surface area contributed by atoms with Crippen molar-refractivity contribution in [2.24, 2.45) is 0 Å². The molecule has 184 valence electrons. The number of carbonyl (C=O) groups is 2. The van der Waals surface area contributed by atoms with Crippen LogP contribution in [0, 0.1) is 11.3 Å². The maximum atomic E-state index is 13.0. The number of nitriles is 1. The van der Waals surface area contributed by atoms with Gasteiger partial charge in [-0.15, -0.1) is 0 Å². The standard InChI is InChI=1S/C28H27N3O5/c1-35-25-14-20-11-12-31(17-22(20)15-26(25)36-2)28(34)30-24(27(32)33)13-18-7-9-19(10-8-18)23-6-4-3-5-21(23)16-29/h3-10,14-15,24H,11-13,17H2,1-2H3,(H,30,34)(H,32,33)/t24-/m0/s1. The fourth-order valence-electron chi connectivity index (χ4n) is 4.39. The van der Waals surface area contributed by atoms with Crippen LogP contribution in [-0.4, -0.2) is 48.8 Å². The molecule has 1 heterocycles. The van der Waals surface area contributed by atoms with Crippen LogP contribution in [-0.2, 0) is 24.2 Å². The van der Waals surface area contributed by atoms with Crippen molar-refractivity contribution in [3.05, 3.63) is 82.9 Å². The minimum Gasteiger partial charge on any atom is -0.493 e. The third-order valence-corrected chi connectivity index (χ3v) is 6.35. The van der Waals surface area contributed by atoms with Gasteiger partial charge in [-0.2, -0.15) is 5.26 Å². The minimum atomic E-state index is -1.11. The molecule has 1 aliphatic heterocycles. The molecule has 8 heteroatoms. The summed E-state index contributed by atoms with van der Waals surface area (Å²) in [5.74, 6) is 0.121. The Morgan fingerprint density at radius 3 is 2.36 bits per heavy atom. The number of carboxylic acids is 1. The zero-order valence-corrected chi connectivity index (χ0v) is 20.2. The first-order valence-corrected chi connectivity index (χ1v) is 11.5. The van der Waals surface area contributed by atoms with Crippen LogP contribution in [0.2, 0.25) is 0 Å². The number of nitrogens with zero attached hydrogens (tertiary/aromatic N) is 2. The number of rotatable bonds is 7. The molecule has 1 atom stereocenters. The number of aliphatic carboxylic acids is 1. The highest BCUT2D eigenvalue weighted by Gasteiger charge is 2.27. The second-order valence-electron chi connectivity index (χ2n) is 8.55. The Kier molecular flexibility index (Phi) is 7.40. The Morgan fingerprint density at radius 2 is 1.72 bits per heavy atom. The van der Waals surface area contributed by atoms with E-state index in [4.69, 9.17) is 9.47 Å². The summed E-state index contributed by atoms with van der Waals surface area (Å²) in [7, 11) is 3.14. The highest BCUT2D eigenvalue weighted by Crippen LogP contribution is 2.33. The van der Waals surface area contributed by atoms with E-state index in [0.29, 0.717) is 36.6 Å². The molecule has 0 unspecified atom stereocenters. The summed E-state index contributed by atoms with van der Waals surface area (Å²) in [5, 5.41) is 21.8. The molecular formula is C28H27N3O5. The molecule has 3 aromatic rings. The molecule has 3 aromatic carbocycles. The summed E-state index contributed by atoms with van der Waals surface area (Å²) in [4.78, 5) is 26.5. The molecule has 0 spiro atoms. The normalized spacial score (nSPS) is 13.2. The molecule has 36 heavy (non-hydrogen) atoms. The zero-order chi connectivity index (χ0) is 25.7. The first-order valence-electron chi connectivity index (χ1n) is 11.5. The lowest BCUT2D eigenvalue weighted by atomic mass is 9.97. The smallest absolute Gasteiger partial charge is 0.326 e. The number of urea groups is 1. The number of fused-ring (bicyclic) bond motifs is 1. The fourth-order valence-corrected chi connectivity index (χ4v) is 4.39. The number of ether oxygens (including phenoxy) is 2. The van der Waals surface area contributed by atoms with Crippen LogP contribution in [0.5, 0.6) is 11.5 Å². The molecule has 0 saturated heterocycles. The molecule has 4 rings (SSSR count). The second kappa shape index (κ2) is 10.8. The van der Waals surface area contributed by atoms with Crippen LogP contribution >= 0.6 is 0 Å². The molecule has 0 fully saturated rings. The van der Waals surface area contributed by atoms with Crippen molar-refractivity contribution in [3.8, 4) is 28.7 Å². The molecule has 1 aliphatic rings. The lowest BCUT2D eigenvalue weighted by Gasteiger charge is -2.30. The first kappa shape index (κ1) is 24.6. The topological polar surface area (TPSA) is 112 Å². The summed E-state index contributed by atoms with van der Waals surface area (Å²) >= 11 is 0. The molecule has 2 amide bonds. The molecule has 2 N–H and O–H groups in total. The van der Waals surface area contributed by atoms with Crippen LogP contribution in [0.1, 0.15) is 22.3 Å². The maximum Gasteiger partial charge on any atom is 0.326 e. The third-order valence-electron chi connectivity index (χ3n) is 6.35. The molecule has 0 radical (unpaired) electrons. The van der Waals surface area contributed by atoms with Gasteiger partial charge in [0.15, 0.2) is 11.5 Å². The quantitative estimate of drug-likeness (QED) is 0.523. The Labute approximate surface area is 209 Å². The number of carboxylic acid groups (broad SMARTS) is 1. The number of methoxy groups -OCH3 is 2. The van der Waals surface area contributed by atoms with E-state index >= 15 is 0 Å². The van der Waals surface area contributed by atoms with Crippen LogP contribution < -0.4 is 14.8 Å². The van der Waals surface area contributed by atoms with Gasteiger partial charge in [0.05, 0.1) is 25.9 Å². The van der Waals surface area contributed by atoms with Gasteiger partial charge in [-0.1, -0.05) is 42.5 Å². The second-order valence-corrected chi connectivity index (χ2v) is 8.55. The number of carbonyl (C=O) groups excluding carboxylic acids is 1. The Balaban J connectivity index is 1.44. The number of hydrogen-bond donors (Lipinski definition) is 2. The van der Waals surface area contributed by atoms with E-state index in [1.54, 1.807) is 25.2 Å². The summed E-state index contributed by atoms with van der Waals surface area (Å²) in [6.45, 7) is 0.814. The lowest BCUT2D eigenvalue weighted by molar-refractivity contribution is -0.139. The van der Waals surface area contributed by atoms with E-state index in [1.807, 2.05) is 54.6 Å². The molecular weight excluding hydrogens is 458 g/mol. The zero-order valence-electron chi connectivity index (χ0n) is 20.2. The van der Waals surface area contributed by atoms with Gasteiger partial charge in [0.2, 0.25) is 0 Å². The van der Waals surface area contributed by atoms with Crippen molar-refractivity contribution < 1.29 is 24.2 Å². The Hall–Kier alpha value is -4.51. The Morgan fingerprint density at radius 1 is 1.06 bits per heavy atom. The van der Waals surface area contributed by atoms with Gasteiger partial charge in [0.1, 0.15) is 6.04 Å². The van der Waals surface area contributed by atoms with Crippen LogP contribution in [0.15, 0.2) is 60.7 Å². The first-order chi connectivity index (χ1) is 17.4. The van der Waals surface area contributed by atoms with Gasteiger partial charge in [-0.25, -0.2) is 9.59 Å². The van der Waals surface area contributed by atoms with Gasteiger partial charge in [-0.3, -0.25) is 0 Å². The average molecular weight is 486 g/mol. The van der Waals surface area contributed by atoms with E-state index in [2.05, 4.69) is 11.4 Å². The van der Waals surface area contributed by atoms with Gasteiger partial charge in [0.25, 0.3) is 0 Å². The third kappa shape index (κ3) is 5.26. The number of benzene rings is 3. The number of hydrogen-bond acceptors (Lipinski definition) is 5. The molecule has 0 aliphatic carbocycles. The van der Waals surface area contributed by atoms with Crippen molar-refractivity contribution in [2.45, 2.75) is 25.4 Å².